The van der Waals surface area contributed by atoms with Crippen molar-refractivity contribution in [1.82, 2.24) is 0 Å². The Hall–Kier alpha value is -0.250. The molecular formula is C9H6BrClOS. The minimum Gasteiger partial charge on any atom is -0.507 e. The van der Waals surface area contributed by atoms with Crippen LogP contribution in [-0.4, -0.2) is 5.11 Å². The minimum atomic E-state index is 0.301. The zero-order chi connectivity index (χ0) is 9.42. The van der Waals surface area contributed by atoms with Gasteiger partial charge >= 0.3 is 0 Å². The molecule has 68 valence electrons. The lowest BCUT2D eigenvalue weighted by molar-refractivity contribution is 0.481. The molecule has 0 atom stereocenters. The standard InChI is InChI=1S/C9H6BrClOS/c10-9-5(4-11)8-6(12)2-1-3-7(8)13-9/h1-3,12H,4H2. The summed E-state index contributed by atoms with van der Waals surface area (Å²) < 4.78 is 2.06. The fourth-order valence-corrected chi connectivity index (χ4v) is 3.62. The highest BCUT2D eigenvalue weighted by atomic mass is 79.9. The van der Waals surface area contributed by atoms with Crippen molar-refractivity contribution < 1.29 is 5.11 Å². The molecule has 0 aliphatic carbocycles. The van der Waals surface area contributed by atoms with E-state index in [9.17, 15) is 5.11 Å². The van der Waals surface area contributed by atoms with E-state index in [1.165, 1.54) is 0 Å². The van der Waals surface area contributed by atoms with Gasteiger partial charge in [-0.05, 0) is 28.1 Å². The number of halogens is 2. The summed E-state index contributed by atoms with van der Waals surface area (Å²) in [6.45, 7) is 0. The van der Waals surface area contributed by atoms with Crippen LogP contribution >= 0.6 is 38.9 Å². The van der Waals surface area contributed by atoms with E-state index in [4.69, 9.17) is 11.6 Å². The van der Waals surface area contributed by atoms with Crippen molar-refractivity contribution >= 4 is 49.0 Å². The first kappa shape index (κ1) is 9.31. The Morgan fingerprint density at radius 3 is 2.92 bits per heavy atom. The molecule has 0 saturated carbocycles. The number of phenolic OH excluding ortho intramolecular Hbond substituents is 1. The van der Waals surface area contributed by atoms with Crippen LogP contribution in [0.25, 0.3) is 10.1 Å². The molecule has 4 heteroatoms. The van der Waals surface area contributed by atoms with Crippen LogP contribution in [0.5, 0.6) is 5.75 Å². The van der Waals surface area contributed by atoms with Gasteiger partial charge in [-0.1, -0.05) is 6.07 Å². The molecule has 0 fully saturated rings. The lowest BCUT2D eigenvalue weighted by atomic mass is 10.2. The summed E-state index contributed by atoms with van der Waals surface area (Å²) in [5.41, 5.74) is 0.972. The van der Waals surface area contributed by atoms with Crippen LogP contribution in [0, 0.1) is 0 Å². The molecule has 0 amide bonds. The molecular weight excluding hydrogens is 272 g/mol. The lowest BCUT2D eigenvalue weighted by Gasteiger charge is -1.96. The smallest absolute Gasteiger partial charge is 0.124 e. The van der Waals surface area contributed by atoms with Gasteiger partial charge in [0.15, 0.2) is 0 Å². The number of benzene rings is 1. The number of hydrogen-bond donors (Lipinski definition) is 1. The van der Waals surface area contributed by atoms with Crippen molar-refractivity contribution in [2.75, 3.05) is 0 Å². The molecule has 0 aliphatic heterocycles. The second kappa shape index (κ2) is 3.48. The average molecular weight is 278 g/mol. The number of aromatic hydroxyl groups is 1. The highest BCUT2D eigenvalue weighted by Gasteiger charge is 2.11. The van der Waals surface area contributed by atoms with Gasteiger partial charge in [0.05, 0.1) is 9.67 Å². The first-order valence-corrected chi connectivity index (χ1v) is 5.83. The zero-order valence-electron chi connectivity index (χ0n) is 6.55. The summed E-state index contributed by atoms with van der Waals surface area (Å²) in [6, 6.07) is 5.48. The van der Waals surface area contributed by atoms with Gasteiger partial charge in [-0.3, -0.25) is 0 Å². The normalized spacial score (nSPS) is 10.9. The molecule has 2 aromatic rings. The van der Waals surface area contributed by atoms with Crippen molar-refractivity contribution in [3.8, 4) is 5.75 Å². The summed E-state index contributed by atoms with van der Waals surface area (Å²) in [4.78, 5) is 0. The van der Waals surface area contributed by atoms with Crippen LogP contribution in [0.15, 0.2) is 22.0 Å². The Morgan fingerprint density at radius 2 is 2.23 bits per heavy atom. The molecule has 0 spiro atoms. The molecule has 0 saturated heterocycles. The molecule has 0 bridgehead atoms. The topological polar surface area (TPSA) is 20.2 Å². The van der Waals surface area contributed by atoms with Crippen LogP contribution < -0.4 is 0 Å². The monoisotopic (exact) mass is 276 g/mol. The van der Waals surface area contributed by atoms with Crippen LogP contribution in [0.4, 0.5) is 0 Å². The Morgan fingerprint density at radius 1 is 1.46 bits per heavy atom. The van der Waals surface area contributed by atoms with Gasteiger partial charge in [0.2, 0.25) is 0 Å². The van der Waals surface area contributed by atoms with Crippen LogP contribution in [0.1, 0.15) is 5.56 Å². The highest BCUT2D eigenvalue weighted by molar-refractivity contribution is 9.11. The molecule has 1 aromatic carbocycles. The third-order valence-electron chi connectivity index (χ3n) is 1.88. The van der Waals surface area contributed by atoms with Gasteiger partial charge in [-0.15, -0.1) is 22.9 Å². The van der Waals surface area contributed by atoms with Gasteiger partial charge < -0.3 is 5.11 Å². The number of alkyl halides is 1. The van der Waals surface area contributed by atoms with Crippen LogP contribution in [0.3, 0.4) is 0 Å². The maximum Gasteiger partial charge on any atom is 0.124 e. The molecule has 0 unspecified atom stereocenters. The Kier molecular flexibility index (Phi) is 2.49. The van der Waals surface area contributed by atoms with E-state index in [0.717, 1.165) is 19.4 Å². The van der Waals surface area contributed by atoms with Gasteiger partial charge in [0.25, 0.3) is 0 Å². The second-order valence-electron chi connectivity index (χ2n) is 2.64. The van der Waals surface area contributed by atoms with E-state index in [1.807, 2.05) is 12.1 Å². The number of thiophene rings is 1. The molecule has 1 aromatic heterocycles. The zero-order valence-corrected chi connectivity index (χ0v) is 9.71. The molecule has 1 heterocycles. The maximum absolute atomic E-state index is 9.62. The summed E-state index contributed by atoms with van der Waals surface area (Å²) in [5.74, 6) is 0.716. The first-order valence-electron chi connectivity index (χ1n) is 3.69. The molecule has 13 heavy (non-hydrogen) atoms. The van der Waals surface area contributed by atoms with Crippen molar-refractivity contribution in [3.05, 3.63) is 27.5 Å². The average Bonchev–Trinajstić information content (AvgIpc) is 2.42. The molecule has 0 aliphatic rings. The first-order chi connectivity index (χ1) is 6.24. The van der Waals surface area contributed by atoms with Gasteiger partial charge in [0, 0.05) is 15.6 Å². The van der Waals surface area contributed by atoms with E-state index in [2.05, 4.69) is 15.9 Å². The van der Waals surface area contributed by atoms with Gasteiger partial charge in [0.1, 0.15) is 5.75 Å². The molecule has 0 radical (unpaired) electrons. The summed E-state index contributed by atoms with van der Waals surface area (Å²) in [7, 11) is 0. The number of fused-ring (bicyclic) bond motifs is 1. The third kappa shape index (κ3) is 1.45. The van der Waals surface area contributed by atoms with Crippen LogP contribution in [-0.2, 0) is 5.88 Å². The summed E-state index contributed by atoms with van der Waals surface area (Å²) in [6.07, 6.45) is 0. The number of hydrogen-bond acceptors (Lipinski definition) is 2. The summed E-state index contributed by atoms with van der Waals surface area (Å²) >= 11 is 10.8. The molecule has 1 nitrogen and oxygen atoms in total. The highest BCUT2D eigenvalue weighted by Crippen LogP contribution is 2.40. The predicted octanol–water partition coefficient (Wildman–Crippen LogP) is 4.11. The minimum absolute atomic E-state index is 0.301. The fraction of sp³-hybridized carbons (Fsp3) is 0.111. The van der Waals surface area contributed by atoms with E-state index in [-0.39, 0.29) is 0 Å². The Balaban J connectivity index is 2.88. The quantitative estimate of drug-likeness (QED) is 0.778. The van der Waals surface area contributed by atoms with Gasteiger partial charge in [-0.2, -0.15) is 0 Å². The Labute approximate surface area is 93.1 Å². The third-order valence-corrected chi connectivity index (χ3v) is 4.09. The van der Waals surface area contributed by atoms with E-state index < -0.39 is 0 Å². The second-order valence-corrected chi connectivity index (χ2v) is 5.28. The SMILES string of the molecule is Oc1cccc2sc(Br)c(CCl)c12. The van der Waals surface area contributed by atoms with Crippen molar-refractivity contribution in [2.45, 2.75) is 5.88 Å². The maximum atomic E-state index is 9.62. The van der Waals surface area contributed by atoms with E-state index in [1.54, 1.807) is 17.4 Å². The van der Waals surface area contributed by atoms with Crippen molar-refractivity contribution in [2.24, 2.45) is 0 Å². The van der Waals surface area contributed by atoms with Crippen molar-refractivity contribution in [1.29, 1.82) is 0 Å². The predicted molar refractivity (Wildman–Crippen MR) is 60.7 cm³/mol. The molecule has 1 N–H and O–H groups in total. The van der Waals surface area contributed by atoms with E-state index in [0.29, 0.717) is 11.6 Å². The summed E-state index contributed by atoms with van der Waals surface area (Å²) in [5, 5.41) is 10.5. The number of rotatable bonds is 1. The van der Waals surface area contributed by atoms with Crippen LogP contribution in [0.2, 0.25) is 0 Å². The van der Waals surface area contributed by atoms with Crippen molar-refractivity contribution in [3.63, 3.8) is 0 Å². The van der Waals surface area contributed by atoms with Gasteiger partial charge in [-0.25, -0.2) is 0 Å². The lowest BCUT2D eigenvalue weighted by Crippen LogP contribution is -1.75. The molecule has 2 rings (SSSR count). The van der Waals surface area contributed by atoms with E-state index >= 15 is 0 Å². The largest absolute Gasteiger partial charge is 0.507 e. The Bertz CT molecular complexity index is 452. The number of phenols is 1. The fourth-order valence-electron chi connectivity index (χ4n) is 1.28.